The lowest BCUT2D eigenvalue weighted by Crippen LogP contribution is -2.54. The molecule has 1 aromatic heterocycles. The van der Waals surface area contributed by atoms with Crippen molar-refractivity contribution >= 4 is 52.8 Å². The Labute approximate surface area is 192 Å². The van der Waals surface area contributed by atoms with Gasteiger partial charge in [-0.15, -0.1) is 0 Å². The lowest BCUT2D eigenvalue weighted by atomic mass is 10.1. The van der Waals surface area contributed by atoms with Crippen molar-refractivity contribution in [3.05, 3.63) is 89.3 Å². The van der Waals surface area contributed by atoms with Gasteiger partial charge in [0.25, 0.3) is 11.8 Å². The van der Waals surface area contributed by atoms with Crippen LogP contribution < -0.4 is 10.2 Å². The maximum absolute atomic E-state index is 13.2. The molecule has 164 valence electrons. The fourth-order valence-electron chi connectivity index (χ4n) is 3.35. The molecule has 3 aromatic rings. The summed E-state index contributed by atoms with van der Waals surface area (Å²) >= 11 is 5.15. The quantitative estimate of drug-likeness (QED) is 0.303. The van der Waals surface area contributed by atoms with Crippen molar-refractivity contribution in [3.63, 3.8) is 0 Å². The van der Waals surface area contributed by atoms with Gasteiger partial charge in [0.1, 0.15) is 5.57 Å². The molecule has 0 radical (unpaired) electrons. The number of nitrogens with zero attached hydrogens (tertiary/aromatic N) is 2. The predicted molar refractivity (Wildman–Crippen MR) is 122 cm³/mol. The largest absolute Gasteiger partial charge is 0.478 e. The summed E-state index contributed by atoms with van der Waals surface area (Å²) in [4.78, 5) is 49.5. The molecule has 0 spiro atoms. The van der Waals surface area contributed by atoms with E-state index < -0.39 is 23.8 Å². The van der Waals surface area contributed by atoms with Gasteiger partial charge in [0, 0.05) is 17.6 Å². The number of aromatic nitrogens is 1. The molecule has 0 atom stereocenters. The highest BCUT2D eigenvalue weighted by Crippen LogP contribution is 2.24. The summed E-state index contributed by atoms with van der Waals surface area (Å²) in [5.74, 6) is -3.69. The minimum atomic E-state index is -1.17. The zero-order valence-corrected chi connectivity index (χ0v) is 17.6. The van der Waals surface area contributed by atoms with Gasteiger partial charge in [0.2, 0.25) is 0 Å². The van der Waals surface area contributed by atoms with E-state index in [1.54, 1.807) is 35.0 Å². The van der Waals surface area contributed by atoms with E-state index in [0.29, 0.717) is 11.4 Å². The van der Waals surface area contributed by atoms with Crippen molar-refractivity contribution in [1.29, 1.82) is 0 Å². The van der Waals surface area contributed by atoms with Crippen LogP contribution in [0.3, 0.4) is 0 Å². The molecule has 10 heteroatoms. The van der Waals surface area contributed by atoms with Crippen molar-refractivity contribution < 1.29 is 29.4 Å². The third-order valence-corrected chi connectivity index (χ3v) is 5.18. The Morgan fingerprint density at radius 2 is 1.48 bits per heavy atom. The second-order valence-electron chi connectivity index (χ2n) is 6.97. The lowest BCUT2D eigenvalue weighted by molar-refractivity contribution is -0.122. The van der Waals surface area contributed by atoms with Gasteiger partial charge in [-0.25, -0.2) is 9.59 Å². The van der Waals surface area contributed by atoms with Gasteiger partial charge in [-0.1, -0.05) is 12.1 Å². The summed E-state index contributed by atoms with van der Waals surface area (Å²) in [6.07, 6.45) is 3.03. The molecule has 2 heterocycles. The van der Waals surface area contributed by atoms with E-state index >= 15 is 0 Å². The van der Waals surface area contributed by atoms with Crippen LogP contribution in [0.1, 0.15) is 26.4 Å². The summed E-state index contributed by atoms with van der Waals surface area (Å²) < 4.78 is 1.63. The van der Waals surface area contributed by atoms with Crippen LogP contribution in [0.25, 0.3) is 11.8 Å². The Morgan fingerprint density at radius 3 is 2.12 bits per heavy atom. The Hall–Kier alpha value is -4.57. The molecular formula is C23H15N3O6S. The number of carboxylic acid groups (broad SMARTS) is 2. The lowest BCUT2D eigenvalue weighted by Gasteiger charge is -2.29. The summed E-state index contributed by atoms with van der Waals surface area (Å²) in [6, 6.07) is 15.2. The highest BCUT2D eigenvalue weighted by molar-refractivity contribution is 7.80. The van der Waals surface area contributed by atoms with Gasteiger partial charge < -0.3 is 14.8 Å². The van der Waals surface area contributed by atoms with Crippen LogP contribution in [-0.4, -0.2) is 43.6 Å². The number of amides is 2. The van der Waals surface area contributed by atoms with Crippen molar-refractivity contribution in [1.82, 2.24) is 9.88 Å². The highest BCUT2D eigenvalue weighted by atomic mass is 32.1. The zero-order valence-electron chi connectivity index (χ0n) is 16.8. The molecule has 1 saturated heterocycles. The maximum atomic E-state index is 13.2. The monoisotopic (exact) mass is 461 g/mol. The number of carboxylic acids is 2. The minimum Gasteiger partial charge on any atom is -0.478 e. The van der Waals surface area contributed by atoms with Crippen molar-refractivity contribution in [2.45, 2.75) is 0 Å². The first-order valence-electron chi connectivity index (χ1n) is 9.52. The molecule has 0 bridgehead atoms. The normalized spacial score (nSPS) is 15.0. The van der Waals surface area contributed by atoms with E-state index in [0.717, 1.165) is 4.90 Å². The number of carbonyl (C=O) groups excluding carboxylic acids is 2. The summed E-state index contributed by atoms with van der Waals surface area (Å²) in [5, 5.41) is 20.8. The Bertz CT molecular complexity index is 1370. The van der Waals surface area contributed by atoms with Gasteiger partial charge in [0.15, 0.2) is 5.11 Å². The fraction of sp³-hybridized carbons (Fsp3) is 0. The van der Waals surface area contributed by atoms with Gasteiger partial charge >= 0.3 is 11.9 Å². The summed E-state index contributed by atoms with van der Waals surface area (Å²) in [6.45, 7) is 0. The zero-order chi connectivity index (χ0) is 23.7. The first kappa shape index (κ1) is 21.7. The van der Waals surface area contributed by atoms with Gasteiger partial charge in [0.05, 0.1) is 16.8 Å². The number of nitrogens with one attached hydrogen (secondary N) is 1. The second-order valence-corrected chi connectivity index (χ2v) is 7.36. The molecule has 1 aliphatic rings. The number of hydrogen-bond donors (Lipinski definition) is 3. The molecule has 1 aliphatic heterocycles. The number of anilines is 1. The van der Waals surface area contributed by atoms with Crippen LogP contribution in [-0.2, 0) is 9.59 Å². The van der Waals surface area contributed by atoms with E-state index in [1.807, 2.05) is 0 Å². The van der Waals surface area contributed by atoms with Crippen LogP contribution in [0, 0.1) is 0 Å². The van der Waals surface area contributed by atoms with Crippen LogP contribution in [0.5, 0.6) is 0 Å². The van der Waals surface area contributed by atoms with Crippen molar-refractivity contribution in [2.24, 2.45) is 0 Å². The Morgan fingerprint density at radius 1 is 0.879 bits per heavy atom. The fourth-order valence-corrected chi connectivity index (χ4v) is 3.63. The van der Waals surface area contributed by atoms with Gasteiger partial charge in [-0.3, -0.25) is 19.8 Å². The summed E-state index contributed by atoms with van der Waals surface area (Å²) in [5.41, 5.74) is 0.984. The van der Waals surface area contributed by atoms with E-state index in [9.17, 15) is 29.4 Å². The van der Waals surface area contributed by atoms with Crippen LogP contribution >= 0.6 is 12.2 Å². The predicted octanol–water partition coefficient (Wildman–Crippen LogP) is 2.71. The van der Waals surface area contributed by atoms with Crippen LogP contribution in [0.15, 0.2) is 72.4 Å². The molecule has 0 unspecified atom stereocenters. The van der Waals surface area contributed by atoms with Gasteiger partial charge in [-0.05, 0) is 66.8 Å². The standard InChI is InChI=1S/C23H15N3O6S/c27-19-18(12-16-8-3-9-25(16)15-6-1-4-13(10-15)21(29)30)20(28)26(23(33)24-19)17-7-2-5-14(11-17)22(31)32/h1-12H,(H,29,30)(H,31,32)(H,24,27,33). The van der Waals surface area contributed by atoms with E-state index in [-0.39, 0.29) is 27.5 Å². The SMILES string of the molecule is O=C1NC(=S)N(c2cccc(C(=O)O)c2)C(=O)C1=Cc1cccn1-c1cccc(C(=O)O)c1. The highest BCUT2D eigenvalue weighted by Gasteiger charge is 2.35. The summed E-state index contributed by atoms with van der Waals surface area (Å²) in [7, 11) is 0. The molecule has 2 aromatic carbocycles. The average molecular weight is 461 g/mol. The molecule has 0 saturated carbocycles. The number of carbonyl (C=O) groups is 4. The smallest absolute Gasteiger partial charge is 0.335 e. The minimum absolute atomic E-state index is 0.0438. The third-order valence-electron chi connectivity index (χ3n) is 4.90. The van der Waals surface area contributed by atoms with E-state index in [4.69, 9.17) is 12.2 Å². The number of rotatable bonds is 5. The van der Waals surface area contributed by atoms with Crippen molar-refractivity contribution in [3.8, 4) is 5.69 Å². The van der Waals surface area contributed by atoms with Gasteiger partial charge in [-0.2, -0.15) is 0 Å². The Balaban J connectivity index is 1.75. The van der Waals surface area contributed by atoms with E-state index in [1.165, 1.54) is 42.5 Å². The number of thiocarbonyl (C=S) groups is 1. The molecule has 2 amide bonds. The third kappa shape index (κ3) is 4.14. The van der Waals surface area contributed by atoms with Crippen LogP contribution in [0.4, 0.5) is 5.69 Å². The average Bonchev–Trinajstić information content (AvgIpc) is 3.25. The molecule has 33 heavy (non-hydrogen) atoms. The van der Waals surface area contributed by atoms with Crippen molar-refractivity contribution in [2.75, 3.05) is 4.90 Å². The topological polar surface area (TPSA) is 129 Å². The van der Waals surface area contributed by atoms with Crippen LogP contribution in [0.2, 0.25) is 0 Å². The number of aromatic carboxylic acids is 2. The first-order valence-corrected chi connectivity index (χ1v) is 9.93. The molecular weight excluding hydrogens is 446 g/mol. The molecule has 9 nitrogen and oxygen atoms in total. The molecule has 1 fully saturated rings. The molecule has 3 N–H and O–H groups in total. The Kier molecular flexibility index (Phi) is 5.59. The maximum Gasteiger partial charge on any atom is 0.335 e. The number of benzene rings is 2. The van der Waals surface area contributed by atoms with E-state index in [2.05, 4.69) is 5.32 Å². The molecule has 0 aliphatic carbocycles. The first-order chi connectivity index (χ1) is 15.8. The second kappa shape index (κ2) is 8.52. The molecule has 4 rings (SSSR count). The number of hydrogen-bond acceptors (Lipinski definition) is 5.